The monoisotopic (exact) mass is 297 g/mol. The number of halogens is 1. The van der Waals surface area contributed by atoms with Gasteiger partial charge in [0, 0.05) is 11.6 Å². The maximum absolute atomic E-state index is 10.7. The fourth-order valence-corrected chi connectivity index (χ4v) is 1.95. The Labute approximate surface area is 105 Å². The van der Waals surface area contributed by atoms with E-state index in [0.717, 1.165) is 4.47 Å². The highest BCUT2D eigenvalue weighted by molar-refractivity contribution is 9.10. The van der Waals surface area contributed by atoms with Crippen molar-refractivity contribution >= 4 is 21.9 Å². The van der Waals surface area contributed by atoms with Crippen LogP contribution < -0.4 is 4.74 Å². The van der Waals surface area contributed by atoms with Crippen molar-refractivity contribution < 1.29 is 19.2 Å². The topological polar surface area (TPSA) is 72.6 Å². The lowest BCUT2D eigenvalue weighted by atomic mass is 10.1. The number of aromatic carboxylic acids is 1. The molecule has 5 nitrogen and oxygen atoms in total. The quantitative estimate of drug-likeness (QED) is 0.943. The fraction of sp³-hybridized carbons (Fsp3) is 0.0909. The summed E-state index contributed by atoms with van der Waals surface area (Å²) in [5, 5.41) is 12.5. The number of aromatic nitrogens is 1. The second-order valence-electron chi connectivity index (χ2n) is 3.20. The van der Waals surface area contributed by atoms with Crippen molar-refractivity contribution in [3.05, 3.63) is 34.5 Å². The van der Waals surface area contributed by atoms with E-state index in [4.69, 9.17) is 14.4 Å². The van der Waals surface area contributed by atoms with Gasteiger partial charge in [-0.2, -0.15) is 0 Å². The van der Waals surface area contributed by atoms with Gasteiger partial charge < -0.3 is 14.4 Å². The van der Waals surface area contributed by atoms with E-state index >= 15 is 0 Å². The standard InChI is InChI=1S/C11H8BrNO4/c1-16-10-6(3-2-4-7(10)12)8-5-9(11(14)15)17-13-8/h2-5H,1H3,(H,14,15). The average Bonchev–Trinajstić information content (AvgIpc) is 2.77. The number of carboxylic acid groups (broad SMARTS) is 1. The van der Waals surface area contributed by atoms with Crippen molar-refractivity contribution in [2.75, 3.05) is 7.11 Å². The van der Waals surface area contributed by atoms with Crippen LogP contribution in [-0.4, -0.2) is 23.3 Å². The number of methoxy groups -OCH3 is 1. The molecule has 0 amide bonds. The van der Waals surface area contributed by atoms with Gasteiger partial charge >= 0.3 is 5.97 Å². The maximum atomic E-state index is 10.7. The normalized spacial score (nSPS) is 10.2. The van der Waals surface area contributed by atoms with E-state index in [0.29, 0.717) is 17.0 Å². The van der Waals surface area contributed by atoms with Crippen molar-refractivity contribution in [2.24, 2.45) is 0 Å². The van der Waals surface area contributed by atoms with Crippen LogP contribution in [-0.2, 0) is 0 Å². The predicted octanol–water partition coefficient (Wildman–Crippen LogP) is 2.81. The van der Waals surface area contributed by atoms with Crippen LogP contribution >= 0.6 is 15.9 Å². The van der Waals surface area contributed by atoms with Crippen molar-refractivity contribution in [2.45, 2.75) is 0 Å². The molecule has 17 heavy (non-hydrogen) atoms. The summed E-state index contributed by atoms with van der Waals surface area (Å²) < 4.78 is 10.7. The molecule has 0 aliphatic carbocycles. The molecule has 0 radical (unpaired) electrons. The highest BCUT2D eigenvalue weighted by atomic mass is 79.9. The zero-order valence-corrected chi connectivity index (χ0v) is 10.4. The minimum atomic E-state index is -1.15. The van der Waals surface area contributed by atoms with E-state index in [2.05, 4.69) is 21.1 Å². The Morgan fingerprint density at radius 1 is 1.53 bits per heavy atom. The van der Waals surface area contributed by atoms with Gasteiger partial charge in [0.2, 0.25) is 5.76 Å². The number of carboxylic acids is 1. The molecule has 88 valence electrons. The summed E-state index contributed by atoms with van der Waals surface area (Å²) in [5.41, 5.74) is 1.08. The van der Waals surface area contributed by atoms with Crippen LogP contribution in [0.4, 0.5) is 0 Å². The first-order valence-corrected chi connectivity index (χ1v) is 5.45. The molecule has 1 aromatic heterocycles. The summed E-state index contributed by atoms with van der Waals surface area (Å²) >= 11 is 3.34. The Morgan fingerprint density at radius 2 is 2.29 bits per heavy atom. The van der Waals surface area contributed by atoms with Gasteiger partial charge in [0.25, 0.3) is 0 Å². The lowest BCUT2D eigenvalue weighted by molar-refractivity contribution is 0.0652. The average molecular weight is 298 g/mol. The Morgan fingerprint density at radius 3 is 2.88 bits per heavy atom. The van der Waals surface area contributed by atoms with Gasteiger partial charge in [0.05, 0.1) is 11.6 Å². The third-order valence-corrected chi connectivity index (χ3v) is 2.79. The van der Waals surface area contributed by atoms with Gasteiger partial charge in [-0.1, -0.05) is 11.2 Å². The third kappa shape index (κ3) is 2.16. The highest BCUT2D eigenvalue weighted by Crippen LogP contribution is 2.35. The molecule has 0 aliphatic rings. The van der Waals surface area contributed by atoms with Crippen LogP contribution in [0.3, 0.4) is 0 Å². The number of hydrogen-bond donors (Lipinski definition) is 1. The van der Waals surface area contributed by atoms with E-state index in [9.17, 15) is 4.79 Å². The molecule has 0 saturated heterocycles. The Kier molecular flexibility index (Phi) is 3.14. The van der Waals surface area contributed by atoms with E-state index in [1.807, 2.05) is 6.07 Å². The third-order valence-electron chi connectivity index (χ3n) is 2.17. The summed E-state index contributed by atoms with van der Waals surface area (Å²) in [7, 11) is 1.53. The number of nitrogens with zero attached hydrogens (tertiary/aromatic N) is 1. The molecule has 0 unspecified atom stereocenters. The second kappa shape index (κ2) is 4.58. The highest BCUT2D eigenvalue weighted by Gasteiger charge is 2.16. The minimum Gasteiger partial charge on any atom is -0.495 e. The number of para-hydroxylation sites is 1. The van der Waals surface area contributed by atoms with Crippen molar-refractivity contribution in [3.63, 3.8) is 0 Å². The number of carbonyl (C=O) groups is 1. The Hall–Kier alpha value is -1.82. The van der Waals surface area contributed by atoms with Crippen molar-refractivity contribution in [1.82, 2.24) is 5.16 Å². The lowest BCUT2D eigenvalue weighted by Crippen LogP contribution is -1.92. The van der Waals surface area contributed by atoms with Gasteiger partial charge in [-0.05, 0) is 28.1 Å². The van der Waals surface area contributed by atoms with Crippen LogP contribution in [0.5, 0.6) is 5.75 Å². The van der Waals surface area contributed by atoms with Gasteiger partial charge in [-0.25, -0.2) is 4.79 Å². The Bertz CT molecular complexity index is 564. The van der Waals surface area contributed by atoms with E-state index in [1.54, 1.807) is 12.1 Å². The Balaban J connectivity index is 2.52. The van der Waals surface area contributed by atoms with Gasteiger partial charge in [-0.15, -0.1) is 0 Å². The smallest absolute Gasteiger partial charge is 0.374 e. The summed E-state index contributed by atoms with van der Waals surface area (Å²) in [6.07, 6.45) is 0. The lowest BCUT2D eigenvalue weighted by Gasteiger charge is -2.07. The summed E-state index contributed by atoms with van der Waals surface area (Å²) in [6.45, 7) is 0. The van der Waals surface area contributed by atoms with E-state index in [1.165, 1.54) is 13.2 Å². The van der Waals surface area contributed by atoms with Gasteiger partial charge in [0.15, 0.2) is 0 Å². The maximum Gasteiger partial charge on any atom is 0.374 e. The van der Waals surface area contributed by atoms with Crippen LogP contribution in [0.15, 0.2) is 33.3 Å². The molecule has 1 aromatic carbocycles. The first-order chi connectivity index (χ1) is 8.13. The summed E-state index contributed by atoms with van der Waals surface area (Å²) in [6, 6.07) is 6.75. The van der Waals surface area contributed by atoms with Gasteiger partial charge in [-0.3, -0.25) is 0 Å². The molecule has 1 heterocycles. The van der Waals surface area contributed by atoms with Crippen molar-refractivity contribution in [1.29, 1.82) is 0 Å². The zero-order valence-electron chi connectivity index (χ0n) is 8.81. The molecular formula is C11H8BrNO4. The first kappa shape index (κ1) is 11.7. The molecule has 0 saturated carbocycles. The zero-order chi connectivity index (χ0) is 12.4. The number of rotatable bonds is 3. The van der Waals surface area contributed by atoms with Crippen LogP contribution in [0.1, 0.15) is 10.6 Å². The molecule has 0 bridgehead atoms. The number of benzene rings is 1. The molecule has 0 spiro atoms. The van der Waals surface area contributed by atoms with Crippen LogP contribution in [0.2, 0.25) is 0 Å². The molecule has 0 fully saturated rings. The summed E-state index contributed by atoms with van der Waals surface area (Å²) in [4.78, 5) is 10.7. The number of hydrogen-bond acceptors (Lipinski definition) is 4. The summed E-state index contributed by atoms with van der Waals surface area (Å²) in [5.74, 6) is -0.780. The molecular weight excluding hydrogens is 290 g/mol. The van der Waals surface area contributed by atoms with E-state index in [-0.39, 0.29) is 5.76 Å². The predicted molar refractivity (Wildman–Crippen MR) is 63.2 cm³/mol. The fourth-order valence-electron chi connectivity index (χ4n) is 1.42. The molecule has 2 aromatic rings. The largest absolute Gasteiger partial charge is 0.495 e. The van der Waals surface area contributed by atoms with Crippen molar-refractivity contribution in [3.8, 4) is 17.0 Å². The van der Waals surface area contributed by atoms with E-state index < -0.39 is 5.97 Å². The number of ether oxygens (including phenoxy) is 1. The molecule has 1 N–H and O–H groups in total. The second-order valence-corrected chi connectivity index (χ2v) is 4.06. The van der Waals surface area contributed by atoms with Crippen LogP contribution in [0, 0.1) is 0 Å². The van der Waals surface area contributed by atoms with Crippen LogP contribution in [0.25, 0.3) is 11.3 Å². The minimum absolute atomic E-state index is 0.206. The molecule has 0 aliphatic heterocycles. The molecule has 2 rings (SSSR count). The first-order valence-electron chi connectivity index (χ1n) is 4.66. The van der Waals surface area contributed by atoms with Gasteiger partial charge in [0.1, 0.15) is 11.4 Å². The molecule has 6 heteroatoms. The molecule has 0 atom stereocenters. The SMILES string of the molecule is COc1c(Br)cccc1-c1cc(C(=O)O)on1.